The number of benzene rings is 2. The summed E-state index contributed by atoms with van der Waals surface area (Å²) < 4.78 is 5.28. The van der Waals surface area contributed by atoms with Crippen molar-refractivity contribution in [3.8, 4) is 5.75 Å². The maximum atomic E-state index is 12.3. The van der Waals surface area contributed by atoms with Crippen LogP contribution in [0.4, 0.5) is 10.5 Å². The summed E-state index contributed by atoms with van der Waals surface area (Å²) in [7, 11) is 0. The van der Waals surface area contributed by atoms with Gasteiger partial charge in [0.1, 0.15) is 5.75 Å². The second-order valence-electron chi connectivity index (χ2n) is 5.94. The molecule has 0 bridgehead atoms. The molecule has 2 aromatic rings. The van der Waals surface area contributed by atoms with E-state index in [1.54, 1.807) is 35.2 Å². The molecule has 2 aromatic carbocycles. The van der Waals surface area contributed by atoms with E-state index < -0.39 is 5.97 Å². The number of rotatable bonds is 7. The van der Waals surface area contributed by atoms with Gasteiger partial charge in [0.25, 0.3) is 0 Å². The molecule has 0 aromatic heterocycles. The highest BCUT2D eigenvalue weighted by molar-refractivity contribution is 6.34. The topological polar surface area (TPSA) is 58.6 Å². The number of amides is 2. The first-order valence-corrected chi connectivity index (χ1v) is 9.52. The third kappa shape index (κ3) is 6.45. The van der Waals surface area contributed by atoms with E-state index in [9.17, 15) is 9.59 Å². The molecular formula is C20H22Cl2N2O3. The smallest absolute Gasteiger partial charge is 0.343 e. The maximum absolute atomic E-state index is 12.3. The molecule has 0 unspecified atom stereocenters. The molecule has 0 fully saturated rings. The van der Waals surface area contributed by atoms with Gasteiger partial charge in [0, 0.05) is 28.8 Å². The second kappa shape index (κ2) is 10.2. The molecule has 0 spiro atoms. The van der Waals surface area contributed by atoms with Crippen molar-refractivity contribution in [1.82, 2.24) is 4.90 Å². The summed E-state index contributed by atoms with van der Waals surface area (Å²) in [5.41, 5.74) is 0.958. The van der Waals surface area contributed by atoms with Crippen molar-refractivity contribution in [1.29, 1.82) is 0 Å². The first kappa shape index (κ1) is 21.1. The van der Waals surface area contributed by atoms with E-state index in [2.05, 4.69) is 12.2 Å². The van der Waals surface area contributed by atoms with Gasteiger partial charge in [-0.2, -0.15) is 0 Å². The molecule has 1 N–H and O–H groups in total. The molecule has 0 heterocycles. The second-order valence-corrected chi connectivity index (χ2v) is 6.81. The average Bonchev–Trinajstić information content (AvgIpc) is 2.62. The highest BCUT2D eigenvalue weighted by atomic mass is 35.5. The van der Waals surface area contributed by atoms with E-state index in [-0.39, 0.29) is 11.8 Å². The minimum Gasteiger partial charge on any atom is -0.423 e. The molecule has 0 saturated heterocycles. The fraction of sp³-hybridized carbons (Fsp3) is 0.300. The van der Waals surface area contributed by atoms with Gasteiger partial charge >= 0.3 is 12.0 Å². The van der Waals surface area contributed by atoms with Crippen LogP contribution in [0.2, 0.25) is 10.0 Å². The van der Waals surface area contributed by atoms with E-state index in [0.29, 0.717) is 34.4 Å². The van der Waals surface area contributed by atoms with Crippen LogP contribution in [-0.4, -0.2) is 30.0 Å². The van der Waals surface area contributed by atoms with Crippen LogP contribution in [-0.2, 0) is 0 Å². The van der Waals surface area contributed by atoms with Gasteiger partial charge in [-0.05, 0) is 55.8 Å². The van der Waals surface area contributed by atoms with Crippen LogP contribution >= 0.6 is 23.2 Å². The number of anilines is 1. The van der Waals surface area contributed by atoms with Gasteiger partial charge < -0.3 is 15.0 Å². The van der Waals surface area contributed by atoms with Gasteiger partial charge in [0.05, 0.1) is 5.56 Å². The van der Waals surface area contributed by atoms with Crippen LogP contribution in [0.1, 0.15) is 37.0 Å². The Bertz CT molecular complexity index is 774. The van der Waals surface area contributed by atoms with E-state index in [4.69, 9.17) is 27.9 Å². The summed E-state index contributed by atoms with van der Waals surface area (Å²) in [6, 6.07) is 10.9. The van der Waals surface area contributed by atoms with Crippen LogP contribution in [0.15, 0.2) is 42.5 Å². The summed E-state index contributed by atoms with van der Waals surface area (Å²) in [5.74, 6) is -0.270. The number of ether oxygens (including phenoxy) is 1. The largest absolute Gasteiger partial charge is 0.423 e. The monoisotopic (exact) mass is 408 g/mol. The number of nitrogens with zero attached hydrogens (tertiary/aromatic N) is 1. The highest BCUT2D eigenvalue weighted by Crippen LogP contribution is 2.25. The number of urea groups is 1. The van der Waals surface area contributed by atoms with Crippen molar-refractivity contribution in [2.75, 3.05) is 18.4 Å². The lowest BCUT2D eigenvalue weighted by molar-refractivity contribution is 0.0735. The third-order valence-corrected chi connectivity index (χ3v) is 4.31. The van der Waals surface area contributed by atoms with E-state index in [0.717, 1.165) is 12.8 Å². The van der Waals surface area contributed by atoms with Crippen molar-refractivity contribution in [3.05, 3.63) is 58.1 Å². The minimum absolute atomic E-state index is 0.158. The van der Waals surface area contributed by atoms with Crippen LogP contribution in [0.5, 0.6) is 5.75 Å². The SMILES string of the molecule is CCCCN(CC)C(=O)Nc1ccc(C(=O)Oc2cc(Cl)cc(Cl)c2)cc1. The zero-order chi connectivity index (χ0) is 19.8. The third-order valence-electron chi connectivity index (χ3n) is 3.87. The van der Waals surface area contributed by atoms with Crippen LogP contribution in [0.3, 0.4) is 0 Å². The van der Waals surface area contributed by atoms with Gasteiger partial charge in [-0.15, -0.1) is 0 Å². The highest BCUT2D eigenvalue weighted by Gasteiger charge is 2.13. The quantitative estimate of drug-likeness (QED) is 0.460. The Kier molecular flexibility index (Phi) is 7.95. The molecule has 0 radical (unpaired) electrons. The van der Waals surface area contributed by atoms with Crippen LogP contribution < -0.4 is 10.1 Å². The number of halogens is 2. The number of nitrogens with one attached hydrogen (secondary N) is 1. The first-order valence-electron chi connectivity index (χ1n) is 8.77. The Morgan fingerprint density at radius 1 is 1.04 bits per heavy atom. The number of carbonyl (C=O) groups excluding carboxylic acids is 2. The summed E-state index contributed by atoms with van der Waals surface area (Å²) in [6.45, 7) is 5.38. The molecular weight excluding hydrogens is 387 g/mol. The normalized spacial score (nSPS) is 10.4. The molecule has 0 aliphatic heterocycles. The van der Waals surface area contributed by atoms with Crippen LogP contribution in [0, 0.1) is 0 Å². The van der Waals surface area contributed by atoms with Crippen molar-refractivity contribution < 1.29 is 14.3 Å². The molecule has 7 heteroatoms. The van der Waals surface area contributed by atoms with Gasteiger partial charge in [0.2, 0.25) is 0 Å². The molecule has 27 heavy (non-hydrogen) atoms. The first-order chi connectivity index (χ1) is 12.9. The van der Waals surface area contributed by atoms with Crippen molar-refractivity contribution >= 4 is 40.9 Å². The summed E-state index contributed by atoms with van der Waals surface area (Å²) in [5, 5.41) is 3.60. The molecule has 0 aliphatic carbocycles. The lowest BCUT2D eigenvalue weighted by Gasteiger charge is -2.21. The molecule has 0 atom stereocenters. The number of esters is 1. The Balaban J connectivity index is 1.99. The Morgan fingerprint density at radius 3 is 2.22 bits per heavy atom. The van der Waals surface area contributed by atoms with Crippen LogP contribution in [0.25, 0.3) is 0 Å². The van der Waals surface area contributed by atoms with Gasteiger partial charge in [-0.3, -0.25) is 0 Å². The van der Waals surface area contributed by atoms with E-state index in [1.165, 1.54) is 12.1 Å². The zero-order valence-corrected chi connectivity index (χ0v) is 16.8. The number of carbonyl (C=O) groups is 2. The standard InChI is InChI=1S/C20H22Cl2N2O3/c1-3-5-10-24(4-2)20(26)23-17-8-6-14(7-9-17)19(25)27-18-12-15(21)11-16(22)13-18/h6-9,11-13H,3-5,10H2,1-2H3,(H,23,26). The molecule has 144 valence electrons. The lowest BCUT2D eigenvalue weighted by atomic mass is 10.2. The molecule has 2 amide bonds. The molecule has 0 aliphatic rings. The Hall–Kier alpha value is -2.24. The summed E-state index contributed by atoms with van der Waals surface area (Å²) in [6.07, 6.45) is 1.98. The predicted molar refractivity (Wildman–Crippen MR) is 109 cm³/mol. The average molecular weight is 409 g/mol. The van der Waals surface area contributed by atoms with Gasteiger partial charge in [-0.1, -0.05) is 36.5 Å². The minimum atomic E-state index is -0.538. The van der Waals surface area contributed by atoms with Gasteiger partial charge in [-0.25, -0.2) is 9.59 Å². The predicted octanol–water partition coefficient (Wildman–Crippen LogP) is 5.87. The van der Waals surface area contributed by atoms with E-state index in [1.807, 2.05) is 6.92 Å². The Labute approximate surface area is 169 Å². The summed E-state index contributed by atoms with van der Waals surface area (Å²) in [4.78, 5) is 26.3. The van der Waals surface area contributed by atoms with E-state index >= 15 is 0 Å². The molecule has 5 nitrogen and oxygen atoms in total. The van der Waals surface area contributed by atoms with Crippen molar-refractivity contribution in [2.24, 2.45) is 0 Å². The number of hydrogen-bond donors (Lipinski definition) is 1. The van der Waals surface area contributed by atoms with Crippen molar-refractivity contribution in [2.45, 2.75) is 26.7 Å². The number of hydrogen-bond acceptors (Lipinski definition) is 3. The Morgan fingerprint density at radius 2 is 1.67 bits per heavy atom. The molecule has 2 rings (SSSR count). The number of unbranched alkanes of at least 4 members (excludes halogenated alkanes) is 1. The zero-order valence-electron chi connectivity index (χ0n) is 15.3. The lowest BCUT2D eigenvalue weighted by Crippen LogP contribution is -2.35. The maximum Gasteiger partial charge on any atom is 0.343 e. The fourth-order valence-electron chi connectivity index (χ4n) is 2.40. The fourth-order valence-corrected chi connectivity index (χ4v) is 2.90. The van der Waals surface area contributed by atoms with Crippen molar-refractivity contribution in [3.63, 3.8) is 0 Å². The summed E-state index contributed by atoms with van der Waals surface area (Å²) >= 11 is 11.8. The molecule has 0 saturated carbocycles. The van der Waals surface area contributed by atoms with Gasteiger partial charge in [0.15, 0.2) is 0 Å².